The van der Waals surface area contributed by atoms with E-state index in [2.05, 4.69) is 0 Å². The Kier molecular flexibility index (Phi) is 5.10. The molecule has 28 heavy (non-hydrogen) atoms. The number of hydrogen-bond acceptors (Lipinski definition) is 4. The Labute approximate surface area is 164 Å². The zero-order chi connectivity index (χ0) is 19.7. The summed E-state index contributed by atoms with van der Waals surface area (Å²) in [5.74, 6) is -1.34. The summed E-state index contributed by atoms with van der Waals surface area (Å²) in [5.41, 5.74) is -0.257. The summed E-state index contributed by atoms with van der Waals surface area (Å²) < 4.78 is 5.48. The normalized spacial score (nSPS) is 30.0. The molecule has 150 valence electrons. The fourth-order valence-corrected chi connectivity index (χ4v) is 4.85. The van der Waals surface area contributed by atoms with E-state index >= 15 is 0 Å². The molecule has 3 aliphatic rings. The van der Waals surface area contributed by atoms with Crippen molar-refractivity contribution in [3.8, 4) is 0 Å². The third kappa shape index (κ3) is 3.28. The first-order valence-electron chi connectivity index (χ1n) is 9.95. The number of carbonyl (C=O) groups is 3. The van der Waals surface area contributed by atoms with Crippen LogP contribution in [-0.4, -0.2) is 72.1 Å². The highest BCUT2D eigenvalue weighted by atomic mass is 16.5. The van der Waals surface area contributed by atoms with Crippen molar-refractivity contribution in [1.82, 2.24) is 9.80 Å². The van der Waals surface area contributed by atoms with Crippen LogP contribution in [0.25, 0.3) is 0 Å². The van der Waals surface area contributed by atoms with E-state index in [1.807, 2.05) is 18.2 Å². The predicted octanol–water partition coefficient (Wildman–Crippen LogP) is 1.49. The first-order chi connectivity index (χ1) is 13.5. The molecule has 1 aromatic rings. The van der Waals surface area contributed by atoms with Gasteiger partial charge in [0, 0.05) is 44.3 Å². The van der Waals surface area contributed by atoms with Crippen molar-refractivity contribution in [2.24, 2.45) is 17.3 Å². The van der Waals surface area contributed by atoms with E-state index in [0.29, 0.717) is 44.8 Å². The minimum atomic E-state index is -0.887. The van der Waals surface area contributed by atoms with Gasteiger partial charge in [-0.2, -0.15) is 0 Å². The second-order valence-electron chi connectivity index (χ2n) is 8.16. The van der Waals surface area contributed by atoms with Crippen LogP contribution < -0.4 is 0 Å². The minimum absolute atomic E-state index is 0.0272. The van der Waals surface area contributed by atoms with Gasteiger partial charge >= 0.3 is 5.97 Å². The number of rotatable bonds is 3. The van der Waals surface area contributed by atoms with Crippen molar-refractivity contribution in [3.63, 3.8) is 0 Å². The van der Waals surface area contributed by atoms with Crippen LogP contribution in [0.5, 0.6) is 0 Å². The van der Waals surface area contributed by atoms with Crippen LogP contribution in [0.2, 0.25) is 0 Å². The average Bonchev–Trinajstić information content (AvgIpc) is 3.14. The largest absolute Gasteiger partial charge is 0.481 e. The standard InChI is InChI=1S/C21H26N2O5/c24-18(15-5-2-1-3-6-15)22-9-4-7-16(11-22)19(25)23-12-17-13-28-10-8-21(17,14-23)20(26)27/h1-3,5-6,16-17H,4,7-14H2,(H,26,27)/t16?,17-,21+/m0/s1. The van der Waals surface area contributed by atoms with Gasteiger partial charge in [0.25, 0.3) is 5.91 Å². The van der Waals surface area contributed by atoms with Crippen molar-refractivity contribution in [2.75, 3.05) is 39.4 Å². The van der Waals surface area contributed by atoms with E-state index in [0.717, 1.165) is 12.8 Å². The summed E-state index contributed by atoms with van der Waals surface area (Å²) >= 11 is 0. The van der Waals surface area contributed by atoms with Crippen molar-refractivity contribution >= 4 is 17.8 Å². The number of ether oxygens (including phenoxy) is 1. The van der Waals surface area contributed by atoms with E-state index in [1.165, 1.54) is 0 Å². The molecule has 0 radical (unpaired) electrons. The molecule has 7 nitrogen and oxygen atoms in total. The molecule has 0 aliphatic carbocycles. The molecule has 0 aromatic heterocycles. The van der Waals surface area contributed by atoms with Gasteiger partial charge in [-0.25, -0.2) is 0 Å². The summed E-state index contributed by atoms with van der Waals surface area (Å²) in [5, 5.41) is 9.80. The van der Waals surface area contributed by atoms with Gasteiger partial charge in [-0.3, -0.25) is 14.4 Å². The van der Waals surface area contributed by atoms with Crippen LogP contribution in [0.1, 0.15) is 29.6 Å². The predicted molar refractivity (Wildman–Crippen MR) is 101 cm³/mol. The highest BCUT2D eigenvalue weighted by Crippen LogP contribution is 2.43. The number of amides is 2. The Morgan fingerprint density at radius 2 is 1.89 bits per heavy atom. The van der Waals surface area contributed by atoms with Gasteiger partial charge in [-0.15, -0.1) is 0 Å². The molecule has 1 aromatic carbocycles. The number of aliphatic carboxylic acids is 1. The highest BCUT2D eigenvalue weighted by molar-refractivity contribution is 5.94. The van der Waals surface area contributed by atoms with Gasteiger partial charge in [0.15, 0.2) is 0 Å². The molecule has 3 heterocycles. The van der Waals surface area contributed by atoms with Gasteiger partial charge in [0.1, 0.15) is 0 Å². The van der Waals surface area contributed by atoms with Crippen molar-refractivity contribution in [1.29, 1.82) is 0 Å². The Bertz CT molecular complexity index is 767. The van der Waals surface area contributed by atoms with Crippen LogP contribution >= 0.6 is 0 Å². The van der Waals surface area contributed by atoms with Crippen molar-refractivity contribution in [2.45, 2.75) is 19.3 Å². The smallest absolute Gasteiger partial charge is 0.311 e. The lowest BCUT2D eigenvalue weighted by molar-refractivity contribution is -0.157. The van der Waals surface area contributed by atoms with E-state index in [9.17, 15) is 19.5 Å². The van der Waals surface area contributed by atoms with E-state index in [4.69, 9.17) is 4.74 Å². The number of likely N-dealkylation sites (tertiary alicyclic amines) is 2. The fourth-order valence-electron chi connectivity index (χ4n) is 4.85. The zero-order valence-corrected chi connectivity index (χ0v) is 15.9. The first kappa shape index (κ1) is 18.9. The number of carboxylic acid groups (broad SMARTS) is 1. The Hall–Kier alpha value is -2.41. The Morgan fingerprint density at radius 1 is 1.11 bits per heavy atom. The molecule has 3 atom stereocenters. The number of nitrogens with zero attached hydrogens (tertiary/aromatic N) is 2. The Morgan fingerprint density at radius 3 is 2.61 bits per heavy atom. The zero-order valence-electron chi connectivity index (χ0n) is 15.9. The second kappa shape index (κ2) is 7.54. The second-order valence-corrected chi connectivity index (χ2v) is 8.16. The lowest BCUT2D eigenvalue weighted by Crippen LogP contribution is -2.47. The summed E-state index contributed by atoms with van der Waals surface area (Å²) in [7, 11) is 0. The van der Waals surface area contributed by atoms with Gasteiger partial charge in [-0.05, 0) is 31.4 Å². The fraction of sp³-hybridized carbons (Fsp3) is 0.571. The first-order valence-corrected chi connectivity index (χ1v) is 9.95. The number of hydrogen-bond donors (Lipinski definition) is 1. The third-order valence-corrected chi connectivity index (χ3v) is 6.52. The van der Waals surface area contributed by atoms with Gasteiger partial charge in [-0.1, -0.05) is 18.2 Å². The number of carbonyl (C=O) groups excluding carboxylic acids is 2. The summed E-state index contributed by atoms with van der Waals surface area (Å²) in [6.45, 7) is 2.52. The SMILES string of the molecule is O=C(c1ccccc1)N1CCCC(C(=O)N2C[C@H]3COCC[C@@]3(C(=O)O)C2)C1. The molecule has 3 saturated heterocycles. The van der Waals surface area contributed by atoms with E-state index < -0.39 is 11.4 Å². The number of fused-ring (bicyclic) bond motifs is 1. The maximum atomic E-state index is 13.2. The number of carboxylic acids is 1. The van der Waals surface area contributed by atoms with Crippen LogP contribution in [0.3, 0.4) is 0 Å². The van der Waals surface area contributed by atoms with Crippen molar-refractivity contribution in [3.05, 3.63) is 35.9 Å². The summed E-state index contributed by atoms with van der Waals surface area (Å²) in [6.07, 6.45) is 1.95. The molecule has 0 spiro atoms. The number of piperidine rings is 1. The van der Waals surface area contributed by atoms with Crippen LogP contribution in [-0.2, 0) is 14.3 Å². The molecule has 1 N–H and O–H groups in total. The molecule has 0 saturated carbocycles. The molecule has 3 aliphatic heterocycles. The minimum Gasteiger partial charge on any atom is -0.481 e. The summed E-state index contributed by atoms with van der Waals surface area (Å²) in [6, 6.07) is 9.11. The molecule has 0 bridgehead atoms. The maximum Gasteiger partial charge on any atom is 0.311 e. The van der Waals surface area contributed by atoms with Gasteiger partial charge in [0.05, 0.1) is 17.9 Å². The van der Waals surface area contributed by atoms with Crippen molar-refractivity contribution < 1.29 is 24.2 Å². The molecule has 4 rings (SSSR count). The van der Waals surface area contributed by atoms with Crippen LogP contribution in [0.4, 0.5) is 0 Å². The monoisotopic (exact) mass is 386 g/mol. The molecule has 1 unspecified atom stereocenters. The third-order valence-electron chi connectivity index (χ3n) is 6.52. The van der Waals surface area contributed by atoms with Gasteiger partial charge in [0.2, 0.25) is 5.91 Å². The van der Waals surface area contributed by atoms with Gasteiger partial charge < -0.3 is 19.6 Å². The maximum absolute atomic E-state index is 13.2. The van der Waals surface area contributed by atoms with Crippen LogP contribution in [0, 0.1) is 17.3 Å². The molecule has 2 amide bonds. The number of benzene rings is 1. The summed E-state index contributed by atoms with van der Waals surface area (Å²) in [4.78, 5) is 41.3. The quantitative estimate of drug-likeness (QED) is 0.850. The Balaban J connectivity index is 1.45. The topological polar surface area (TPSA) is 87.2 Å². The van der Waals surface area contributed by atoms with E-state index in [-0.39, 0.29) is 30.2 Å². The molecular formula is C21H26N2O5. The average molecular weight is 386 g/mol. The molecule has 7 heteroatoms. The molecular weight excluding hydrogens is 360 g/mol. The van der Waals surface area contributed by atoms with E-state index in [1.54, 1.807) is 21.9 Å². The molecule has 3 fully saturated rings. The highest BCUT2D eigenvalue weighted by Gasteiger charge is 2.55. The lowest BCUT2D eigenvalue weighted by Gasteiger charge is -2.35. The lowest BCUT2D eigenvalue weighted by atomic mass is 9.74. The van der Waals surface area contributed by atoms with Crippen LogP contribution in [0.15, 0.2) is 30.3 Å².